The second kappa shape index (κ2) is 11.2. The Morgan fingerprint density at radius 2 is 1.67 bits per heavy atom. The van der Waals surface area contributed by atoms with E-state index in [0.29, 0.717) is 20.1 Å². The van der Waals surface area contributed by atoms with E-state index >= 15 is 0 Å². The highest BCUT2D eigenvalue weighted by molar-refractivity contribution is 14.1. The lowest BCUT2D eigenvalue weighted by atomic mass is 10.0. The van der Waals surface area contributed by atoms with E-state index in [9.17, 15) is 14.7 Å². The second-order valence-corrected chi connectivity index (χ2v) is 10.2. The largest absolute Gasteiger partial charge is 0.506 e. The van der Waals surface area contributed by atoms with Gasteiger partial charge in [0.2, 0.25) is 5.91 Å². The number of phenolic OH excluding ortho intramolecular Hbond substituents is 1. The molecule has 6 nitrogen and oxygen atoms in total. The average Bonchev–Trinajstić information content (AvgIpc) is 2.64. The van der Waals surface area contributed by atoms with E-state index in [4.69, 9.17) is 4.74 Å². The van der Waals surface area contributed by atoms with Gasteiger partial charge in [-0.15, -0.1) is 0 Å². The van der Waals surface area contributed by atoms with Crippen LogP contribution in [0.25, 0.3) is 0 Å². The first-order valence-electron chi connectivity index (χ1n) is 9.53. The highest BCUT2D eigenvalue weighted by Crippen LogP contribution is 2.28. The summed E-state index contributed by atoms with van der Waals surface area (Å²) in [6.45, 7) is 5.77. The molecule has 0 unspecified atom stereocenters. The Balaban J connectivity index is 2.09. The van der Waals surface area contributed by atoms with Gasteiger partial charge in [-0.05, 0) is 95.6 Å². The highest BCUT2D eigenvalue weighted by Gasteiger charge is 2.25. The Labute approximate surface area is 204 Å². The molecule has 2 amide bonds. The van der Waals surface area contributed by atoms with Crippen molar-refractivity contribution in [2.75, 3.05) is 6.54 Å². The van der Waals surface area contributed by atoms with Crippen LogP contribution in [-0.4, -0.2) is 35.3 Å². The zero-order valence-electron chi connectivity index (χ0n) is 17.2. The zero-order chi connectivity index (χ0) is 22.3. The van der Waals surface area contributed by atoms with Gasteiger partial charge in [0.1, 0.15) is 17.4 Å². The number of alkyl carbamates (subject to hydrolysis) is 1. The molecule has 0 saturated heterocycles. The van der Waals surface area contributed by atoms with E-state index in [1.165, 1.54) is 0 Å². The maximum Gasteiger partial charge on any atom is 0.408 e. The molecule has 0 radical (unpaired) electrons. The van der Waals surface area contributed by atoms with Crippen LogP contribution < -0.4 is 10.6 Å². The summed E-state index contributed by atoms with van der Waals surface area (Å²) in [4.78, 5) is 25.1. The van der Waals surface area contributed by atoms with Gasteiger partial charge in [0.25, 0.3) is 0 Å². The van der Waals surface area contributed by atoms with Gasteiger partial charge in [-0.1, -0.05) is 30.3 Å². The third kappa shape index (κ3) is 8.29. The number of rotatable bonds is 7. The van der Waals surface area contributed by atoms with Gasteiger partial charge in [0.05, 0.1) is 7.14 Å². The van der Waals surface area contributed by atoms with Crippen molar-refractivity contribution in [2.45, 2.75) is 45.3 Å². The van der Waals surface area contributed by atoms with E-state index in [1.807, 2.05) is 75.5 Å². The maximum absolute atomic E-state index is 12.8. The van der Waals surface area contributed by atoms with Gasteiger partial charge in [-0.3, -0.25) is 4.79 Å². The zero-order valence-corrected chi connectivity index (χ0v) is 21.5. The van der Waals surface area contributed by atoms with Crippen LogP contribution in [0.3, 0.4) is 0 Å². The first-order chi connectivity index (χ1) is 14.0. The van der Waals surface area contributed by atoms with Crippen molar-refractivity contribution in [1.29, 1.82) is 0 Å². The van der Waals surface area contributed by atoms with Crippen LogP contribution in [0, 0.1) is 7.14 Å². The number of halogens is 2. The third-order valence-corrected chi connectivity index (χ3v) is 5.72. The molecule has 0 bridgehead atoms. The Kier molecular flexibility index (Phi) is 9.20. The molecule has 0 aliphatic rings. The van der Waals surface area contributed by atoms with Crippen LogP contribution >= 0.6 is 45.2 Å². The molecule has 0 saturated carbocycles. The number of amides is 2. The van der Waals surface area contributed by atoms with Crippen LogP contribution in [0.5, 0.6) is 5.75 Å². The molecule has 2 rings (SSSR count). The molecule has 2 aromatic carbocycles. The minimum atomic E-state index is -0.799. The van der Waals surface area contributed by atoms with Crippen LogP contribution in [0.15, 0.2) is 42.5 Å². The van der Waals surface area contributed by atoms with Gasteiger partial charge in [0.15, 0.2) is 0 Å². The molecule has 0 spiro atoms. The lowest BCUT2D eigenvalue weighted by Crippen LogP contribution is -2.49. The molecule has 0 heterocycles. The number of nitrogens with one attached hydrogen (secondary N) is 2. The molecule has 0 aliphatic carbocycles. The maximum atomic E-state index is 12.8. The molecule has 0 aromatic heterocycles. The SMILES string of the molecule is CC(C)(C)OC(=O)N[C@@H](Cc1cc(I)c(O)c(I)c1)C(=O)NCCc1ccccc1. The molecule has 8 heteroatoms. The predicted molar refractivity (Wildman–Crippen MR) is 134 cm³/mol. The Morgan fingerprint density at radius 3 is 2.23 bits per heavy atom. The molecule has 1 atom stereocenters. The minimum absolute atomic E-state index is 0.212. The highest BCUT2D eigenvalue weighted by atomic mass is 127. The number of benzene rings is 2. The quantitative estimate of drug-likeness (QED) is 0.394. The van der Waals surface area contributed by atoms with Crippen molar-refractivity contribution < 1.29 is 19.4 Å². The predicted octanol–water partition coefficient (Wildman–Crippen LogP) is 4.40. The lowest BCUT2D eigenvalue weighted by Gasteiger charge is -2.23. The van der Waals surface area contributed by atoms with Crippen molar-refractivity contribution in [3.05, 3.63) is 60.7 Å². The lowest BCUT2D eigenvalue weighted by molar-refractivity contribution is -0.123. The van der Waals surface area contributed by atoms with Gasteiger partial charge in [-0.2, -0.15) is 0 Å². The Morgan fingerprint density at radius 1 is 1.07 bits per heavy atom. The summed E-state index contributed by atoms with van der Waals surface area (Å²) in [5, 5.41) is 15.6. The monoisotopic (exact) mass is 636 g/mol. The first-order valence-corrected chi connectivity index (χ1v) is 11.7. The topological polar surface area (TPSA) is 87.7 Å². The fourth-order valence-electron chi connectivity index (χ4n) is 2.73. The van der Waals surface area contributed by atoms with Crippen molar-refractivity contribution >= 4 is 57.2 Å². The van der Waals surface area contributed by atoms with E-state index < -0.39 is 17.7 Å². The number of carbonyl (C=O) groups is 2. The van der Waals surface area contributed by atoms with E-state index in [2.05, 4.69) is 10.6 Å². The summed E-state index contributed by atoms with van der Waals surface area (Å²) in [7, 11) is 0. The number of hydrogen-bond acceptors (Lipinski definition) is 4. The van der Waals surface area contributed by atoms with Crippen LogP contribution in [-0.2, 0) is 22.4 Å². The normalized spacial score (nSPS) is 12.2. The van der Waals surface area contributed by atoms with Crippen molar-refractivity contribution in [3.8, 4) is 5.75 Å². The van der Waals surface area contributed by atoms with E-state index in [1.54, 1.807) is 32.9 Å². The van der Waals surface area contributed by atoms with Gasteiger partial charge >= 0.3 is 6.09 Å². The van der Waals surface area contributed by atoms with E-state index in [-0.39, 0.29) is 18.1 Å². The van der Waals surface area contributed by atoms with Crippen LogP contribution in [0.1, 0.15) is 31.9 Å². The van der Waals surface area contributed by atoms with Crippen molar-refractivity contribution in [3.63, 3.8) is 0 Å². The summed E-state index contributed by atoms with van der Waals surface area (Å²) in [6, 6.07) is 12.7. The van der Waals surface area contributed by atoms with Crippen LogP contribution in [0.2, 0.25) is 0 Å². The van der Waals surface area contributed by atoms with Gasteiger partial charge in [0, 0.05) is 13.0 Å². The smallest absolute Gasteiger partial charge is 0.408 e. The summed E-state index contributed by atoms with van der Waals surface area (Å²) >= 11 is 4.09. The third-order valence-electron chi connectivity index (χ3n) is 4.08. The fourth-order valence-corrected chi connectivity index (χ4v) is 4.63. The second-order valence-electron chi connectivity index (χ2n) is 7.84. The van der Waals surface area contributed by atoms with Gasteiger partial charge < -0.3 is 20.5 Å². The number of hydrogen-bond donors (Lipinski definition) is 3. The molecular formula is C22H26I2N2O4. The van der Waals surface area contributed by atoms with Crippen molar-refractivity contribution in [2.24, 2.45) is 0 Å². The number of phenols is 1. The molecular weight excluding hydrogens is 610 g/mol. The summed E-state index contributed by atoms with van der Waals surface area (Å²) in [6.07, 6.45) is 0.331. The summed E-state index contributed by atoms with van der Waals surface area (Å²) in [5.74, 6) is -0.0706. The average molecular weight is 636 g/mol. The van der Waals surface area contributed by atoms with Crippen LogP contribution in [0.4, 0.5) is 4.79 Å². The molecule has 0 fully saturated rings. The molecule has 2 aromatic rings. The van der Waals surface area contributed by atoms with Crippen molar-refractivity contribution in [1.82, 2.24) is 10.6 Å². The standard InChI is InChI=1S/C22H26I2N2O4/c1-22(2,3)30-21(29)26-18(13-15-11-16(23)19(27)17(24)12-15)20(28)25-10-9-14-7-5-4-6-8-14/h4-8,11-12,18,27H,9-10,13H2,1-3H3,(H,25,28)(H,26,29)/t18-/m0/s1. The molecule has 0 aliphatic heterocycles. The minimum Gasteiger partial charge on any atom is -0.506 e. The van der Waals surface area contributed by atoms with Gasteiger partial charge in [-0.25, -0.2) is 4.79 Å². The number of ether oxygens (including phenoxy) is 1. The summed E-state index contributed by atoms with van der Waals surface area (Å²) in [5.41, 5.74) is 1.29. The molecule has 162 valence electrons. The number of aromatic hydroxyl groups is 1. The first kappa shape index (κ1) is 24.7. The fraction of sp³-hybridized carbons (Fsp3) is 0.364. The summed E-state index contributed by atoms with van der Waals surface area (Å²) < 4.78 is 6.70. The number of carbonyl (C=O) groups excluding carboxylic acids is 2. The molecule has 30 heavy (non-hydrogen) atoms. The van der Waals surface area contributed by atoms with E-state index in [0.717, 1.165) is 11.1 Å². The Bertz CT molecular complexity index is 859. The molecule has 3 N–H and O–H groups in total. The Hall–Kier alpha value is -1.56.